The number of benzene rings is 2. The standard InChI is InChI=1S/C28H36Cl2FN3O3/c29-19-11-9-18(10-12-19)28(32)23(15-17-5-2-1-3-6-17)34-26(27(37)33-14-13-20(36)16-35)24(28)21-7-4-8-22(30)25(21)31/h4,7-12,17,20,23-24,26,34-36H,1-3,5-6,13-16,32H2,(H,33,37). The van der Waals surface area contributed by atoms with Crippen molar-refractivity contribution in [1.82, 2.24) is 10.6 Å². The number of nitrogens with one attached hydrogen (secondary N) is 2. The van der Waals surface area contributed by atoms with Gasteiger partial charge in [-0.3, -0.25) is 4.79 Å². The van der Waals surface area contributed by atoms with Crippen molar-refractivity contribution in [3.63, 3.8) is 0 Å². The minimum absolute atomic E-state index is 0.0306. The lowest BCUT2D eigenvalue weighted by atomic mass is 9.69. The number of halogens is 3. The van der Waals surface area contributed by atoms with Gasteiger partial charge in [0.25, 0.3) is 0 Å². The number of hydrogen-bond donors (Lipinski definition) is 5. The van der Waals surface area contributed by atoms with E-state index in [1.807, 2.05) is 12.1 Å². The van der Waals surface area contributed by atoms with Gasteiger partial charge in [0.15, 0.2) is 0 Å². The van der Waals surface area contributed by atoms with Gasteiger partial charge >= 0.3 is 0 Å². The molecule has 1 amide bonds. The summed E-state index contributed by atoms with van der Waals surface area (Å²) in [6, 6.07) is 10.9. The molecule has 5 unspecified atom stereocenters. The van der Waals surface area contributed by atoms with Gasteiger partial charge in [-0.05, 0) is 48.1 Å². The number of carbonyl (C=O) groups is 1. The van der Waals surface area contributed by atoms with E-state index in [9.17, 15) is 9.90 Å². The molecular weight excluding hydrogens is 516 g/mol. The molecule has 5 atom stereocenters. The summed E-state index contributed by atoms with van der Waals surface area (Å²) in [7, 11) is 0. The Morgan fingerprint density at radius 3 is 2.54 bits per heavy atom. The van der Waals surface area contributed by atoms with Gasteiger partial charge < -0.3 is 26.6 Å². The summed E-state index contributed by atoms with van der Waals surface area (Å²) >= 11 is 12.4. The SMILES string of the molecule is NC1(c2ccc(Cl)cc2)C(CC2CCCCC2)NC(C(=O)NCCC(O)CO)C1c1cccc(Cl)c1F. The van der Waals surface area contributed by atoms with Crippen LogP contribution in [-0.2, 0) is 10.3 Å². The quantitative estimate of drug-likeness (QED) is 0.320. The molecule has 1 aliphatic heterocycles. The second-order valence-electron chi connectivity index (χ2n) is 10.4. The molecule has 9 heteroatoms. The van der Waals surface area contributed by atoms with Gasteiger partial charge in [-0.1, -0.05) is 79.6 Å². The average Bonchev–Trinajstić information content (AvgIpc) is 3.19. The maximum absolute atomic E-state index is 15.6. The van der Waals surface area contributed by atoms with E-state index in [4.69, 9.17) is 34.0 Å². The van der Waals surface area contributed by atoms with Crippen molar-refractivity contribution in [3.05, 3.63) is 69.5 Å². The molecule has 1 saturated carbocycles. The van der Waals surface area contributed by atoms with Gasteiger partial charge in [0, 0.05) is 23.5 Å². The molecule has 1 aliphatic carbocycles. The fraction of sp³-hybridized carbons (Fsp3) is 0.536. The molecule has 0 bridgehead atoms. The Hall–Kier alpha value is -1.74. The smallest absolute Gasteiger partial charge is 0.237 e. The summed E-state index contributed by atoms with van der Waals surface area (Å²) in [4.78, 5) is 13.6. The van der Waals surface area contributed by atoms with E-state index in [1.54, 1.807) is 24.3 Å². The van der Waals surface area contributed by atoms with Crippen LogP contribution in [0, 0.1) is 11.7 Å². The summed E-state index contributed by atoms with van der Waals surface area (Å²) in [5.74, 6) is -1.24. The maximum atomic E-state index is 15.6. The highest BCUT2D eigenvalue weighted by molar-refractivity contribution is 6.31. The first-order valence-corrected chi connectivity index (χ1v) is 13.8. The summed E-state index contributed by atoms with van der Waals surface area (Å²) < 4.78 is 15.6. The molecule has 6 N–H and O–H groups in total. The van der Waals surface area contributed by atoms with Crippen LogP contribution in [-0.4, -0.2) is 47.5 Å². The number of rotatable bonds is 9. The predicted octanol–water partition coefficient (Wildman–Crippen LogP) is 4.24. The van der Waals surface area contributed by atoms with Gasteiger partial charge in [0.2, 0.25) is 5.91 Å². The monoisotopic (exact) mass is 551 g/mol. The van der Waals surface area contributed by atoms with E-state index < -0.39 is 29.4 Å². The van der Waals surface area contributed by atoms with E-state index >= 15 is 4.39 Å². The van der Waals surface area contributed by atoms with Crippen LogP contribution in [0.1, 0.15) is 62.0 Å². The molecule has 2 aliphatic rings. The Balaban J connectivity index is 1.76. The van der Waals surface area contributed by atoms with Crippen LogP contribution in [0.2, 0.25) is 10.0 Å². The second-order valence-corrected chi connectivity index (χ2v) is 11.3. The first kappa shape index (κ1) is 28.3. The van der Waals surface area contributed by atoms with E-state index in [2.05, 4.69) is 10.6 Å². The number of aliphatic hydroxyl groups is 2. The number of amides is 1. The number of carbonyl (C=O) groups excluding carboxylic acids is 1. The third-order valence-electron chi connectivity index (χ3n) is 8.03. The highest BCUT2D eigenvalue weighted by atomic mass is 35.5. The topological polar surface area (TPSA) is 108 Å². The predicted molar refractivity (Wildman–Crippen MR) is 144 cm³/mol. The Kier molecular flexibility index (Phi) is 9.48. The number of nitrogens with two attached hydrogens (primary N) is 1. The van der Waals surface area contributed by atoms with E-state index in [-0.39, 0.29) is 42.1 Å². The van der Waals surface area contributed by atoms with Crippen molar-refractivity contribution < 1.29 is 19.4 Å². The molecule has 37 heavy (non-hydrogen) atoms. The minimum Gasteiger partial charge on any atom is -0.394 e. The zero-order chi connectivity index (χ0) is 26.6. The molecule has 0 spiro atoms. The fourth-order valence-electron chi connectivity index (χ4n) is 6.07. The molecule has 6 nitrogen and oxygen atoms in total. The molecule has 2 aromatic carbocycles. The molecular formula is C28H36Cl2FN3O3. The third-order valence-corrected chi connectivity index (χ3v) is 8.57. The van der Waals surface area contributed by atoms with Gasteiger partial charge in [0.1, 0.15) is 5.82 Å². The minimum atomic E-state index is -1.12. The van der Waals surface area contributed by atoms with Gasteiger partial charge in [-0.25, -0.2) is 4.39 Å². The Bertz CT molecular complexity index is 1070. The summed E-state index contributed by atoms with van der Waals surface area (Å²) in [5, 5.41) is 25.7. The highest BCUT2D eigenvalue weighted by Gasteiger charge is 2.57. The van der Waals surface area contributed by atoms with Crippen molar-refractivity contribution in [2.75, 3.05) is 13.2 Å². The lowest BCUT2D eigenvalue weighted by Crippen LogP contribution is -2.51. The fourth-order valence-corrected chi connectivity index (χ4v) is 6.38. The first-order chi connectivity index (χ1) is 17.8. The van der Waals surface area contributed by atoms with E-state index in [0.29, 0.717) is 10.9 Å². The van der Waals surface area contributed by atoms with Gasteiger partial charge in [-0.15, -0.1) is 0 Å². The first-order valence-electron chi connectivity index (χ1n) is 13.1. The average molecular weight is 553 g/mol. The lowest BCUT2D eigenvalue weighted by molar-refractivity contribution is -0.123. The zero-order valence-electron chi connectivity index (χ0n) is 20.8. The van der Waals surface area contributed by atoms with Crippen LogP contribution >= 0.6 is 23.2 Å². The Morgan fingerprint density at radius 1 is 1.16 bits per heavy atom. The van der Waals surface area contributed by atoms with Crippen LogP contribution in [0.15, 0.2) is 42.5 Å². The van der Waals surface area contributed by atoms with E-state index in [1.165, 1.54) is 25.3 Å². The van der Waals surface area contributed by atoms with Crippen LogP contribution in [0.5, 0.6) is 0 Å². The van der Waals surface area contributed by atoms with Gasteiger partial charge in [-0.2, -0.15) is 0 Å². The molecule has 202 valence electrons. The van der Waals surface area contributed by atoms with Crippen LogP contribution in [0.3, 0.4) is 0 Å². The Labute approximate surface area is 227 Å². The lowest BCUT2D eigenvalue weighted by Gasteiger charge is -2.39. The van der Waals surface area contributed by atoms with Crippen molar-refractivity contribution in [2.24, 2.45) is 11.7 Å². The third kappa shape index (κ3) is 6.13. The molecule has 2 aromatic rings. The van der Waals surface area contributed by atoms with Gasteiger partial charge in [0.05, 0.1) is 29.3 Å². The summed E-state index contributed by atoms with van der Waals surface area (Å²) in [6.07, 6.45) is 5.77. The molecule has 4 rings (SSSR count). The highest BCUT2D eigenvalue weighted by Crippen LogP contribution is 2.49. The van der Waals surface area contributed by atoms with Crippen LogP contribution < -0.4 is 16.4 Å². The van der Waals surface area contributed by atoms with Crippen molar-refractivity contribution in [2.45, 2.75) is 74.6 Å². The van der Waals surface area contributed by atoms with Crippen LogP contribution in [0.25, 0.3) is 0 Å². The van der Waals surface area contributed by atoms with Crippen LogP contribution in [0.4, 0.5) is 4.39 Å². The molecule has 2 fully saturated rings. The van der Waals surface area contributed by atoms with E-state index in [0.717, 1.165) is 24.8 Å². The summed E-state index contributed by atoms with van der Waals surface area (Å²) in [5.41, 5.74) is 7.26. The van der Waals surface area contributed by atoms with Crippen molar-refractivity contribution in [3.8, 4) is 0 Å². The maximum Gasteiger partial charge on any atom is 0.237 e. The van der Waals surface area contributed by atoms with Crippen molar-refractivity contribution >= 4 is 29.1 Å². The molecule has 0 radical (unpaired) electrons. The largest absolute Gasteiger partial charge is 0.394 e. The molecule has 0 aromatic heterocycles. The summed E-state index contributed by atoms with van der Waals surface area (Å²) in [6.45, 7) is -0.227. The second kappa shape index (κ2) is 12.4. The Morgan fingerprint density at radius 2 is 1.86 bits per heavy atom. The van der Waals surface area contributed by atoms with Crippen molar-refractivity contribution in [1.29, 1.82) is 0 Å². The number of hydrogen-bond acceptors (Lipinski definition) is 5. The normalized spacial score (nSPS) is 27.2. The zero-order valence-corrected chi connectivity index (χ0v) is 22.3. The molecule has 1 saturated heterocycles. The molecule has 1 heterocycles. The number of aliphatic hydroxyl groups excluding tert-OH is 2.